The Balaban J connectivity index is 1.66. The van der Waals surface area contributed by atoms with Crippen molar-refractivity contribution in [2.45, 2.75) is 30.0 Å². The predicted octanol–water partition coefficient (Wildman–Crippen LogP) is 2.26. The van der Waals surface area contributed by atoms with Crippen molar-refractivity contribution in [1.29, 1.82) is 0 Å². The number of hydrogen-bond acceptors (Lipinski definition) is 5. The van der Waals surface area contributed by atoms with E-state index in [0.717, 1.165) is 30.1 Å². The molecule has 1 saturated heterocycles. The molecule has 3 rings (SSSR count). The lowest BCUT2D eigenvalue weighted by molar-refractivity contribution is 0.563. The molecule has 0 amide bonds. The summed E-state index contributed by atoms with van der Waals surface area (Å²) in [5.74, 6) is 0.897. The molecule has 0 radical (unpaired) electrons. The minimum absolute atomic E-state index is 0.0702. The van der Waals surface area contributed by atoms with E-state index in [1.54, 1.807) is 12.3 Å². The summed E-state index contributed by atoms with van der Waals surface area (Å²) in [5, 5.41) is 0. The molecule has 2 aromatic rings. The van der Waals surface area contributed by atoms with Gasteiger partial charge in [0.25, 0.3) is 0 Å². The molecule has 7 heteroatoms. The van der Waals surface area contributed by atoms with E-state index in [1.807, 2.05) is 31.2 Å². The number of hydrogen-bond donors (Lipinski definition) is 1. The second kappa shape index (κ2) is 6.36. The molecule has 0 saturated carbocycles. The summed E-state index contributed by atoms with van der Waals surface area (Å²) in [5.41, 5.74) is 0. The fraction of sp³-hybridized carbons (Fsp3) is 0.400. The Bertz CT molecular complexity index is 728. The highest BCUT2D eigenvalue weighted by atomic mass is 32.2. The van der Waals surface area contributed by atoms with Crippen molar-refractivity contribution in [3.8, 4) is 0 Å². The first-order valence-corrected chi connectivity index (χ1v) is 9.65. The number of rotatable bonds is 5. The average molecular weight is 337 g/mol. The normalized spacial score (nSPS) is 18.8. The third-order valence-electron chi connectivity index (χ3n) is 3.73. The highest BCUT2D eigenvalue weighted by Crippen LogP contribution is 2.24. The Morgan fingerprint density at radius 1 is 1.36 bits per heavy atom. The van der Waals surface area contributed by atoms with Crippen LogP contribution >= 0.6 is 11.3 Å². The second-order valence-electron chi connectivity index (χ2n) is 5.32. The Hall–Kier alpha value is -1.44. The van der Waals surface area contributed by atoms with Crippen molar-refractivity contribution in [1.82, 2.24) is 9.71 Å². The molecule has 118 valence electrons. The molecule has 0 aliphatic carbocycles. The summed E-state index contributed by atoms with van der Waals surface area (Å²) < 4.78 is 28.1. The molecule has 1 aliphatic heterocycles. The molecular weight excluding hydrogens is 318 g/mol. The van der Waals surface area contributed by atoms with Gasteiger partial charge in [0.2, 0.25) is 10.0 Å². The zero-order valence-corrected chi connectivity index (χ0v) is 14.0. The van der Waals surface area contributed by atoms with E-state index in [4.69, 9.17) is 0 Å². The van der Waals surface area contributed by atoms with E-state index in [9.17, 15) is 8.42 Å². The highest BCUT2D eigenvalue weighted by molar-refractivity contribution is 7.91. The van der Waals surface area contributed by atoms with Gasteiger partial charge in [-0.15, -0.1) is 11.3 Å². The molecule has 3 heterocycles. The summed E-state index contributed by atoms with van der Waals surface area (Å²) in [6, 6.07) is 9.27. The summed E-state index contributed by atoms with van der Waals surface area (Å²) >= 11 is 1.34. The van der Waals surface area contributed by atoms with Crippen LogP contribution in [0.25, 0.3) is 0 Å². The Kier molecular flexibility index (Phi) is 4.46. The molecule has 22 heavy (non-hydrogen) atoms. The molecular formula is C15H19N3O2S2. The van der Waals surface area contributed by atoms with Crippen molar-refractivity contribution in [2.24, 2.45) is 0 Å². The van der Waals surface area contributed by atoms with Gasteiger partial charge >= 0.3 is 0 Å². The maximum absolute atomic E-state index is 12.4. The first kappa shape index (κ1) is 15.5. The van der Waals surface area contributed by atoms with Gasteiger partial charge in [-0.2, -0.15) is 0 Å². The quantitative estimate of drug-likeness (QED) is 0.909. The van der Waals surface area contributed by atoms with Crippen LogP contribution in [0.3, 0.4) is 0 Å². The van der Waals surface area contributed by atoms with Gasteiger partial charge in [0.15, 0.2) is 0 Å². The second-order valence-corrected chi connectivity index (χ2v) is 8.42. The number of nitrogens with one attached hydrogen (secondary N) is 1. The standard InChI is InChI=1S/C15H19N3O2S2/c1-2-13-6-7-15(21-13)22(19,20)17-12-8-10-18(11-12)14-5-3-4-9-16-14/h3-7,9,12,17H,2,8,10-11H2,1H3/t12-/m0/s1. The van der Waals surface area contributed by atoms with Crippen molar-refractivity contribution in [3.05, 3.63) is 41.4 Å². The number of anilines is 1. The van der Waals surface area contributed by atoms with Crippen molar-refractivity contribution >= 4 is 27.2 Å². The molecule has 0 spiro atoms. The van der Waals surface area contributed by atoms with Crippen molar-refractivity contribution < 1.29 is 8.42 Å². The van der Waals surface area contributed by atoms with E-state index >= 15 is 0 Å². The van der Waals surface area contributed by atoms with Crippen molar-refractivity contribution in [3.63, 3.8) is 0 Å². The van der Waals surface area contributed by atoms with Gasteiger partial charge in [-0.05, 0) is 37.1 Å². The van der Waals surface area contributed by atoms with Crippen LogP contribution in [0.4, 0.5) is 5.82 Å². The summed E-state index contributed by atoms with van der Waals surface area (Å²) in [4.78, 5) is 7.51. The topological polar surface area (TPSA) is 62.3 Å². The molecule has 1 N–H and O–H groups in total. The largest absolute Gasteiger partial charge is 0.355 e. The predicted molar refractivity (Wildman–Crippen MR) is 88.9 cm³/mol. The number of sulfonamides is 1. The Morgan fingerprint density at radius 3 is 2.91 bits per heavy atom. The van der Waals surface area contributed by atoms with E-state index in [-0.39, 0.29) is 6.04 Å². The summed E-state index contributed by atoms with van der Waals surface area (Å²) in [6.07, 6.45) is 3.41. The van der Waals surface area contributed by atoms with E-state index < -0.39 is 10.0 Å². The summed E-state index contributed by atoms with van der Waals surface area (Å²) in [6.45, 7) is 3.49. The van der Waals surface area contributed by atoms with Crippen LogP contribution < -0.4 is 9.62 Å². The molecule has 1 aliphatic rings. The fourth-order valence-corrected chi connectivity index (χ4v) is 5.15. The number of pyridine rings is 1. The van der Waals surface area contributed by atoms with Crippen molar-refractivity contribution in [2.75, 3.05) is 18.0 Å². The average Bonchev–Trinajstić information content (AvgIpc) is 3.17. The van der Waals surface area contributed by atoms with Crippen LogP contribution in [0.5, 0.6) is 0 Å². The molecule has 0 aromatic carbocycles. The smallest absolute Gasteiger partial charge is 0.250 e. The van der Waals surface area contributed by atoms with Crippen LogP contribution in [0, 0.1) is 0 Å². The minimum atomic E-state index is -3.42. The van der Waals surface area contributed by atoms with E-state index in [0.29, 0.717) is 10.8 Å². The van der Waals surface area contributed by atoms with Crippen LogP contribution in [-0.4, -0.2) is 32.5 Å². The molecule has 1 atom stereocenters. The third-order valence-corrected chi connectivity index (χ3v) is 6.98. The first-order valence-electron chi connectivity index (χ1n) is 7.35. The van der Waals surface area contributed by atoms with Crippen LogP contribution in [0.15, 0.2) is 40.7 Å². The number of nitrogens with zero attached hydrogens (tertiary/aromatic N) is 2. The van der Waals surface area contributed by atoms with Gasteiger partial charge in [0, 0.05) is 30.2 Å². The number of aryl methyl sites for hydroxylation is 1. The van der Waals surface area contributed by atoms with Gasteiger partial charge in [-0.3, -0.25) is 0 Å². The maximum Gasteiger partial charge on any atom is 0.250 e. The monoisotopic (exact) mass is 337 g/mol. The maximum atomic E-state index is 12.4. The molecule has 0 bridgehead atoms. The molecule has 0 unspecified atom stereocenters. The lowest BCUT2D eigenvalue weighted by Gasteiger charge is -2.17. The third kappa shape index (κ3) is 3.31. The highest BCUT2D eigenvalue weighted by Gasteiger charge is 2.28. The zero-order valence-electron chi connectivity index (χ0n) is 12.4. The number of thiophene rings is 1. The van der Waals surface area contributed by atoms with Crippen LogP contribution in [0.2, 0.25) is 0 Å². The Morgan fingerprint density at radius 2 is 2.23 bits per heavy atom. The number of aromatic nitrogens is 1. The van der Waals surface area contributed by atoms with E-state index in [2.05, 4.69) is 14.6 Å². The minimum Gasteiger partial charge on any atom is -0.355 e. The molecule has 1 fully saturated rings. The van der Waals surface area contributed by atoms with Gasteiger partial charge < -0.3 is 4.90 Å². The SMILES string of the molecule is CCc1ccc(S(=O)(=O)N[C@H]2CCN(c3ccccn3)C2)s1. The molecule has 2 aromatic heterocycles. The fourth-order valence-electron chi connectivity index (χ4n) is 2.58. The van der Waals surface area contributed by atoms with Crippen LogP contribution in [0.1, 0.15) is 18.2 Å². The first-order chi connectivity index (χ1) is 10.6. The van der Waals surface area contributed by atoms with Gasteiger partial charge in [0.1, 0.15) is 10.0 Å². The lowest BCUT2D eigenvalue weighted by Crippen LogP contribution is -2.36. The van der Waals surface area contributed by atoms with Crippen LogP contribution in [-0.2, 0) is 16.4 Å². The van der Waals surface area contributed by atoms with Gasteiger partial charge in [0.05, 0.1) is 0 Å². The Labute approximate surface area is 135 Å². The van der Waals surface area contributed by atoms with Gasteiger partial charge in [-0.25, -0.2) is 18.1 Å². The summed E-state index contributed by atoms with van der Waals surface area (Å²) in [7, 11) is -3.42. The lowest BCUT2D eigenvalue weighted by atomic mass is 10.3. The van der Waals surface area contributed by atoms with Gasteiger partial charge in [-0.1, -0.05) is 13.0 Å². The zero-order chi connectivity index (χ0) is 15.6. The van der Waals surface area contributed by atoms with E-state index in [1.165, 1.54) is 11.3 Å². The molecule has 5 nitrogen and oxygen atoms in total.